The predicted molar refractivity (Wildman–Crippen MR) is 59.8 cm³/mol. The van der Waals surface area contributed by atoms with Gasteiger partial charge in [0.25, 0.3) is 0 Å². The molecule has 0 saturated heterocycles. The van der Waals surface area contributed by atoms with Gasteiger partial charge in [-0.2, -0.15) is 0 Å². The van der Waals surface area contributed by atoms with Gasteiger partial charge in [0, 0.05) is 10.6 Å². The Morgan fingerprint density at radius 1 is 1.33 bits per heavy atom. The van der Waals surface area contributed by atoms with Crippen LogP contribution in [0.15, 0.2) is 18.2 Å². The van der Waals surface area contributed by atoms with Gasteiger partial charge in [0.05, 0.1) is 0 Å². The molecule has 0 unspecified atom stereocenters. The topological polar surface area (TPSA) is 82.8 Å². The molecule has 5 nitrogen and oxygen atoms in total. The van der Waals surface area contributed by atoms with Crippen LogP contribution in [-0.2, 0) is 0 Å². The molecule has 0 bridgehead atoms. The molecule has 1 heterocycles. The number of nitrogens with zero attached hydrogens (tertiary/aromatic N) is 3. The minimum Gasteiger partial charge on any atom is -0.366 e. The van der Waals surface area contributed by atoms with Crippen LogP contribution in [0.5, 0.6) is 0 Å². The highest BCUT2D eigenvalue weighted by molar-refractivity contribution is 6.30. The van der Waals surface area contributed by atoms with E-state index in [-0.39, 0.29) is 5.95 Å². The van der Waals surface area contributed by atoms with Crippen molar-refractivity contribution in [3.63, 3.8) is 0 Å². The minimum absolute atomic E-state index is 0.180. The molecular weight excluding hydrogens is 214 g/mol. The van der Waals surface area contributed by atoms with Gasteiger partial charge in [-0.25, -0.2) is 4.68 Å². The molecule has 2 aromatic rings. The van der Waals surface area contributed by atoms with E-state index >= 15 is 0 Å². The van der Waals surface area contributed by atoms with Crippen molar-refractivity contribution in [3.05, 3.63) is 28.8 Å². The van der Waals surface area contributed by atoms with Gasteiger partial charge in [0.2, 0.25) is 5.95 Å². The summed E-state index contributed by atoms with van der Waals surface area (Å²) in [6.45, 7) is 1.92. The lowest BCUT2D eigenvalue weighted by atomic mass is 10.1. The highest BCUT2D eigenvalue weighted by Crippen LogP contribution is 2.24. The molecule has 1 aromatic heterocycles. The van der Waals surface area contributed by atoms with Crippen molar-refractivity contribution in [2.75, 3.05) is 11.6 Å². The maximum Gasteiger partial charge on any atom is 0.241 e. The molecule has 0 saturated carbocycles. The first-order valence-electron chi connectivity index (χ1n) is 4.32. The van der Waals surface area contributed by atoms with Gasteiger partial charge in [-0.05, 0) is 30.7 Å². The lowest BCUT2D eigenvalue weighted by Crippen LogP contribution is -2.13. The Morgan fingerprint density at radius 3 is 2.60 bits per heavy atom. The zero-order valence-corrected chi connectivity index (χ0v) is 8.86. The fourth-order valence-corrected chi connectivity index (χ4v) is 1.59. The van der Waals surface area contributed by atoms with Gasteiger partial charge >= 0.3 is 0 Å². The summed E-state index contributed by atoms with van der Waals surface area (Å²) < 4.78 is 1.25. The monoisotopic (exact) mass is 223 g/mol. The summed E-state index contributed by atoms with van der Waals surface area (Å²) in [6, 6.07) is 5.45. The fraction of sp³-hybridized carbons (Fsp3) is 0.111. The lowest BCUT2D eigenvalue weighted by Gasteiger charge is -2.05. The van der Waals surface area contributed by atoms with E-state index < -0.39 is 0 Å². The van der Waals surface area contributed by atoms with Gasteiger partial charge in [-0.1, -0.05) is 11.6 Å². The molecule has 2 rings (SSSR count). The third kappa shape index (κ3) is 1.61. The van der Waals surface area contributed by atoms with E-state index in [0.29, 0.717) is 10.8 Å². The van der Waals surface area contributed by atoms with Crippen molar-refractivity contribution in [1.82, 2.24) is 14.9 Å². The number of halogens is 1. The number of nitrogen functional groups attached to an aromatic ring is 2. The molecule has 78 valence electrons. The average molecular weight is 224 g/mol. The first kappa shape index (κ1) is 9.79. The van der Waals surface area contributed by atoms with Crippen LogP contribution in [0.4, 0.5) is 5.95 Å². The van der Waals surface area contributed by atoms with Crippen LogP contribution in [-0.4, -0.2) is 14.9 Å². The summed E-state index contributed by atoms with van der Waals surface area (Å²) >= 11 is 5.85. The Hall–Kier alpha value is -1.75. The van der Waals surface area contributed by atoms with E-state index in [4.69, 9.17) is 23.2 Å². The molecule has 0 spiro atoms. The SMILES string of the molecule is Cc1cc(Cl)ccc1-c1nnc(N)n1N. The van der Waals surface area contributed by atoms with Crippen LogP contribution < -0.4 is 11.6 Å². The molecule has 0 aliphatic heterocycles. The number of benzene rings is 1. The zero-order chi connectivity index (χ0) is 11.0. The first-order valence-corrected chi connectivity index (χ1v) is 4.70. The molecular formula is C9H10ClN5. The van der Waals surface area contributed by atoms with E-state index in [1.54, 1.807) is 6.07 Å². The summed E-state index contributed by atoms with van der Waals surface area (Å²) in [4.78, 5) is 0. The summed E-state index contributed by atoms with van der Waals surface area (Å²) in [7, 11) is 0. The van der Waals surface area contributed by atoms with Crippen molar-refractivity contribution in [1.29, 1.82) is 0 Å². The second-order valence-corrected chi connectivity index (χ2v) is 3.65. The van der Waals surface area contributed by atoms with Crippen molar-refractivity contribution in [3.8, 4) is 11.4 Å². The van der Waals surface area contributed by atoms with Crippen molar-refractivity contribution >= 4 is 17.5 Å². The van der Waals surface area contributed by atoms with Crippen LogP contribution in [0, 0.1) is 6.92 Å². The van der Waals surface area contributed by atoms with E-state index in [9.17, 15) is 0 Å². The van der Waals surface area contributed by atoms with Crippen LogP contribution >= 0.6 is 11.6 Å². The normalized spacial score (nSPS) is 10.5. The Bertz CT molecular complexity index is 505. The first-order chi connectivity index (χ1) is 7.09. The maximum absolute atomic E-state index is 5.85. The third-order valence-corrected chi connectivity index (χ3v) is 2.39. The maximum atomic E-state index is 5.85. The van der Waals surface area contributed by atoms with Crippen LogP contribution in [0.2, 0.25) is 5.02 Å². The molecule has 0 aliphatic rings. The predicted octanol–water partition coefficient (Wildman–Crippen LogP) is 1.20. The lowest BCUT2D eigenvalue weighted by molar-refractivity contribution is 1.02. The molecule has 0 aliphatic carbocycles. The minimum atomic E-state index is 0.180. The Kier molecular flexibility index (Phi) is 2.24. The van der Waals surface area contributed by atoms with Gasteiger partial charge in [-0.15, -0.1) is 10.2 Å². The number of aryl methyl sites for hydroxylation is 1. The molecule has 0 radical (unpaired) electrons. The van der Waals surface area contributed by atoms with Gasteiger partial charge in [0.15, 0.2) is 5.82 Å². The molecule has 0 atom stereocenters. The van der Waals surface area contributed by atoms with E-state index in [0.717, 1.165) is 11.1 Å². The van der Waals surface area contributed by atoms with Crippen molar-refractivity contribution in [2.45, 2.75) is 6.92 Å². The molecule has 15 heavy (non-hydrogen) atoms. The quantitative estimate of drug-likeness (QED) is 0.712. The second kappa shape index (κ2) is 3.43. The number of rotatable bonds is 1. The number of hydrogen-bond donors (Lipinski definition) is 2. The van der Waals surface area contributed by atoms with Gasteiger partial charge in [-0.3, -0.25) is 0 Å². The molecule has 0 fully saturated rings. The molecule has 1 aromatic carbocycles. The summed E-state index contributed by atoms with van der Waals surface area (Å²) in [6.07, 6.45) is 0. The van der Waals surface area contributed by atoms with Crippen LogP contribution in [0.25, 0.3) is 11.4 Å². The van der Waals surface area contributed by atoms with E-state index in [1.807, 2.05) is 19.1 Å². The second-order valence-electron chi connectivity index (χ2n) is 3.21. The summed E-state index contributed by atoms with van der Waals surface area (Å²) in [5.74, 6) is 6.38. The number of nitrogens with two attached hydrogens (primary N) is 2. The summed E-state index contributed by atoms with van der Waals surface area (Å²) in [5.41, 5.74) is 7.34. The Morgan fingerprint density at radius 2 is 2.07 bits per heavy atom. The van der Waals surface area contributed by atoms with Crippen molar-refractivity contribution in [2.24, 2.45) is 0 Å². The molecule has 4 N–H and O–H groups in total. The fourth-order valence-electron chi connectivity index (χ4n) is 1.37. The number of hydrogen-bond acceptors (Lipinski definition) is 4. The highest BCUT2D eigenvalue weighted by atomic mass is 35.5. The number of aromatic nitrogens is 3. The Balaban J connectivity index is 2.59. The summed E-state index contributed by atoms with van der Waals surface area (Å²) in [5, 5.41) is 8.26. The molecule has 6 heteroatoms. The van der Waals surface area contributed by atoms with Gasteiger partial charge in [0.1, 0.15) is 0 Å². The van der Waals surface area contributed by atoms with Crippen molar-refractivity contribution < 1.29 is 0 Å². The van der Waals surface area contributed by atoms with Crippen LogP contribution in [0.1, 0.15) is 5.56 Å². The highest BCUT2D eigenvalue weighted by Gasteiger charge is 2.11. The van der Waals surface area contributed by atoms with Gasteiger partial charge < -0.3 is 11.6 Å². The zero-order valence-electron chi connectivity index (χ0n) is 8.11. The standard InChI is InChI=1S/C9H10ClN5/c1-5-4-6(10)2-3-7(5)8-13-14-9(11)15(8)12/h2-4H,12H2,1H3,(H2,11,14). The molecule has 0 amide bonds. The smallest absolute Gasteiger partial charge is 0.241 e. The number of anilines is 1. The third-order valence-electron chi connectivity index (χ3n) is 2.15. The largest absolute Gasteiger partial charge is 0.366 e. The average Bonchev–Trinajstić information content (AvgIpc) is 2.49. The van der Waals surface area contributed by atoms with E-state index in [2.05, 4.69) is 10.2 Å². The Labute approximate surface area is 91.6 Å². The van der Waals surface area contributed by atoms with Crippen LogP contribution in [0.3, 0.4) is 0 Å². The van der Waals surface area contributed by atoms with E-state index in [1.165, 1.54) is 4.68 Å².